The maximum atomic E-state index is 5.24. The Morgan fingerprint density at radius 3 is 1.33 bits per heavy atom. The van der Waals surface area contributed by atoms with Crippen LogP contribution < -0.4 is 0 Å². The number of fused-ring (bicyclic) bond motifs is 4. The molecule has 11 rings (SSSR count). The number of rotatable bonds is 7. The number of benzene rings is 9. The molecule has 1 aromatic heterocycles. The van der Waals surface area contributed by atoms with E-state index in [-0.39, 0.29) is 5.41 Å². The Labute approximate surface area is 357 Å². The minimum atomic E-state index is -0.0905. The van der Waals surface area contributed by atoms with Crippen LogP contribution >= 0.6 is 0 Å². The highest BCUT2D eigenvalue weighted by Crippen LogP contribution is 2.53. The lowest BCUT2D eigenvalue weighted by atomic mass is 9.81. The van der Waals surface area contributed by atoms with Gasteiger partial charge in [0.1, 0.15) is 0 Å². The molecule has 61 heavy (non-hydrogen) atoms. The Hall–Kier alpha value is -7.68. The van der Waals surface area contributed by atoms with E-state index in [1.807, 2.05) is 0 Å². The summed E-state index contributed by atoms with van der Waals surface area (Å²) >= 11 is 0. The van der Waals surface area contributed by atoms with Gasteiger partial charge in [-0.15, -0.1) is 0 Å². The Kier molecular flexibility index (Phi) is 8.86. The molecule has 0 unspecified atom stereocenters. The maximum absolute atomic E-state index is 5.24. The van der Waals surface area contributed by atoms with Crippen LogP contribution in [0.1, 0.15) is 25.0 Å². The van der Waals surface area contributed by atoms with Crippen LogP contribution in [-0.4, -0.2) is 9.97 Å². The summed E-state index contributed by atoms with van der Waals surface area (Å²) in [4.78, 5) is 10.5. The van der Waals surface area contributed by atoms with E-state index < -0.39 is 0 Å². The maximum Gasteiger partial charge on any atom is 0.160 e. The predicted octanol–water partition coefficient (Wildman–Crippen LogP) is 15.6. The second kappa shape index (κ2) is 14.9. The van der Waals surface area contributed by atoms with E-state index in [2.05, 4.69) is 232 Å². The molecule has 1 heterocycles. The van der Waals surface area contributed by atoms with E-state index in [9.17, 15) is 0 Å². The van der Waals surface area contributed by atoms with Gasteiger partial charge in [-0.3, -0.25) is 0 Å². The van der Waals surface area contributed by atoms with E-state index in [1.54, 1.807) is 0 Å². The quantitative estimate of drug-likeness (QED) is 0.161. The minimum absolute atomic E-state index is 0.0905. The Bertz CT molecular complexity index is 3150. The molecular weight excluding hydrogens is 737 g/mol. The van der Waals surface area contributed by atoms with Crippen molar-refractivity contribution in [3.05, 3.63) is 230 Å². The lowest BCUT2D eigenvalue weighted by Crippen LogP contribution is -2.14. The molecule has 1 aliphatic rings. The molecule has 0 radical (unpaired) electrons. The van der Waals surface area contributed by atoms with Crippen LogP contribution in [0.5, 0.6) is 0 Å². The summed E-state index contributed by atoms with van der Waals surface area (Å²) in [6, 6.07) is 78.5. The Morgan fingerprint density at radius 2 is 0.738 bits per heavy atom. The molecule has 0 bridgehead atoms. The molecule has 2 heteroatoms. The third kappa shape index (κ3) is 6.63. The number of hydrogen-bond donors (Lipinski definition) is 0. The first-order valence-corrected chi connectivity index (χ1v) is 21.1. The van der Waals surface area contributed by atoms with Crippen molar-refractivity contribution in [3.8, 4) is 89.5 Å². The number of nitrogens with zero attached hydrogens (tertiary/aromatic N) is 2. The van der Waals surface area contributed by atoms with Crippen LogP contribution in [-0.2, 0) is 5.41 Å². The first kappa shape index (κ1) is 36.4. The molecule has 288 valence electrons. The van der Waals surface area contributed by atoms with Crippen molar-refractivity contribution in [2.24, 2.45) is 0 Å². The highest BCUT2D eigenvalue weighted by atomic mass is 14.9. The van der Waals surface area contributed by atoms with Gasteiger partial charge in [0, 0.05) is 22.1 Å². The van der Waals surface area contributed by atoms with E-state index in [0.717, 1.165) is 44.8 Å². The van der Waals surface area contributed by atoms with Crippen LogP contribution in [0.15, 0.2) is 218 Å². The monoisotopic (exact) mass is 778 g/mol. The van der Waals surface area contributed by atoms with Crippen LogP contribution in [0.3, 0.4) is 0 Å². The van der Waals surface area contributed by atoms with E-state index in [1.165, 1.54) is 60.8 Å². The zero-order chi connectivity index (χ0) is 40.9. The van der Waals surface area contributed by atoms with Gasteiger partial charge in [-0.05, 0) is 114 Å². The van der Waals surface area contributed by atoms with Crippen LogP contribution in [0.4, 0.5) is 0 Å². The summed E-state index contributed by atoms with van der Waals surface area (Å²) in [6.07, 6.45) is 0. The normalized spacial score (nSPS) is 12.6. The van der Waals surface area contributed by atoms with Gasteiger partial charge >= 0.3 is 0 Å². The molecule has 0 amide bonds. The van der Waals surface area contributed by atoms with Gasteiger partial charge in [0.15, 0.2) is 5.82 Å². The van der Waals surface area contributed by atoms with Gasteiger partial charge in [-0.1, -0.05) is 196 Å². The predicted molar refractivity (Wildman–Crippen MR) is 255 cm³/mol. The summed E-state index contributed by atoms with van der Waals surface area (Å²) in [7, 11) is 0. The highest BCUT2D eigenvalue weighted by Gasteiger charge is 2.37. The lowest BCUT2D eigenvalue weighted by Gasteiger charge is -2.22. The molecule has 0 aliphatic heterocycles. The summed E-state index contributed by atoms with van der Waals surface area (Å²) in [5, 5.41) is 2.56. The Morgan fingerprint density at radius 1 is 0.295 bits per heavy atom. The standard InChI is InChI=1S/C59H42N2/c1-59(2)53-28-14-27-51(57(53)52-36-46-19-9-10-20-47(46)37-54(52)59)48-24-11-21-43(33-48)41-29-31-42(32-30-41)58-60-55(49-25-12-22-44(34-49)39-15-5-3-6-16-39)38-56(61-58)50-26-13-23-45(35-50)40-17-7-4-8-18-40/h3-38H,1-2H3. The van der Waals surface area contributed by atoms with Gasteiger partial charge in [-0.2, -0.15) is 0 Å². The molecule has 0 saturated carbocycles. The largest absolute Gasteiger partial charge is 0.228 e. The molecule has 10 aromatic rings. The third-order valence-corrected chi connectivity index (χ3v) is 12.5. The van der Waals surface area contributed by atoms with Crippen molar-refractivity contribution < 1.29 is 0 Å². The second-order valence-electron chi connectivity index (χ2n) is 16.6. The highest BCUT2D eigenvalue weighted by molar-refractivity contribution is 5.99. The summed E-state index contributed by atoms with van der Waals surface area (Å²) in [5.74, 6) is 0.691. The molecule has 0 spiro atoms. The first-order chi connectivity index (χ1) is 30.0. The van der Waals surface area contributed by atoms with Gasteiger partial charge in [0.2, 0.25) is 0 Å². The summed E-state index contributed by atoms with van der Waals surface area (Å²) in [6.45, 7) is 4.72. The molecule has 1 aliphatic carbocycles. The van der Waals surface area contributed by atoms with Crippen LogP contribution in [0.25, 0.3) is 100 Å². The zero-order valence-corrected chi connectivity index (χ0v) is 34.2. The van der Waals surface area contributed by atoms with Crippen molar-refractivity contribution in [3.63, 3.8) is 0 Å². The smallest absolute Gasteiger partial charge is 0.160 e. The Balaban J connectivity index is 0.977. The van der Waals surface area contributed by atoms with Gasteiger partial charge in [-0.25, -0.2) is 9.97 Å². The first-order valence-electron chi connectivity index (χ1n) is 21.1. The van der Waals surface area contributed by atoms with E-state index in [4.69, 9.17) is 9.97 Å². The fourth-order valence-corrected chi connectivity index (χ4v) is 9.24. The van der Waals surface area contributed by atoms with Crippen molar-refractivity contribution in [1.82, 2.24) is 9.97 Å². The molecule has 0 fully saturated rings. The third-order valence-electron chi connectivity index (χ3n) is 12.5. The van der Waals surface area contributed by atoms with Crippen molar-refractivity contribution in [1.29, 1.82) is 0 Å². The SMILES string of the molecule is CC1(C)c2cc3ccccc3cc2-c2c(-c3cccc(-c4ccc(-c5nc(-c6cccc(-c7ccccc7)c6)cc(-c6cccc(-c7ccccc7)c6)n5)cc4)c3)cccc21. The molecule has 9 aromatic carbocycles. The lowest BCUT2D eigenvalue weighted by molar-refractivity contribution is 0.661. The van der Waals surface area contributed by atoms with Crippen LogP contribution in [0, 0.1) is 0 Å². The average Bonchev–Trinajstić information content (AvgIpc) is 3.56. The average molecular weight is 779 g/mol. The molecule has 2 nitrogen and oxygen atoms in total. The second-order valence-corrected chi connectivity index (χ2v) is 16.6. The van der Waals surface area contributed by atoms with Gasteiger partial charge in [0.05, 0.1) is 11.4 Å². The summed E-state index contributed by atoms with van der Waals surface area (Å²) < 4.78 is 0. The zero-order valence-electron chi connectivity index (χ0n) is 34.2. The van der Waals surface area contributed by atoms with Crippen molar-refractivity contribution >= 4 is 10.8 Å². The minimum Gasteiger partial charge on any atom is -0.228 e. The topological polar surface area (TPSA) is 25.8 Å². The van der Waals surface area contributed by atoms with E-state index in [0.29, 0.717) is 5.82 Å². The number of aromatic nitrogens is 2. The number of hydrogen-bond acceptors (Lipinski definition) is 2. The molecular formula is C59H42N2. The molecule has 0 saturated heterocycles. The fourth-order valence-electron chi connectivity index (χ4n) is 9.24. The van der Waals surface area contributed by atoms with Crippen LogP contribution in [0.2, 0.25) is 0 Å². The van der Waals surface area contributed by atoms with Gasteiger partial charge < -0.3 is 0 Å². The molecule has 0 atom stereocenters. The van der Waals surface area contributed by atoms with Crippen molar-refractivity contribution in [2.75, 3.05) is 0 Å². The van der Waals surface area contributed by atoms with Crippen molar-refractivity contribution in [2.45, 2.75) is 19.3 Å². The van der Waals surface area contributed by atoms with Gasteiger partial charge in [0.25, 0.3) is 0 Å². The fraction of sp³-hybridized carbons (Fsp3) is 0.0508. The summed E-state index contributed by atoms with van der Waals surface area (Å²) in [5.41, 5.74) is 19.6. The molecule has 0 N–H and O–H groups in total. The van der Waals surface area contributed by atoms with E-state index >= 15 is 0 Å².